The van der Waals surface area contributed by atoms with Gasteiger partial charge in [-0.1, -0.05) is 0 Å². The largest absolute Gasteiger partial charge is 0.466 e. The van der Waals surface area contributed by atoms with Gasteiger partial charge in [0.05, 0.1) is 6.54 Å². The third kappa shape index (κ3) is 2.50. The van der Waals surface area contributed by atoms with Crippen molar-refractivity contribution in [2.45, 2.75) is 52.1 Å². The summed E-state index contributed by atoms with van der Waals surface area (Å²) in [7, 11) is 2.06. The Morgan fingerprint density at radius 2 is 2.15 bits per heavy atom. The molecule has 2 heterocycles. The summed E-state index contributed by atoms with van der Waals surface area (Å²) < 4.78 is 7.71. The first kappa shape index (κ1) is 13.4. The molecule has 2 aromatic rings. The number of rotatable bonds is 5. The van der Waals surface area contributed by atoms with Crippen LogP contribution in [0.3, 0.4) is 0 Å². The number of aryl methyl sites for hydroxylation is 2. The zero-order valence-corrected chi connectivity index (χ0v) is 12.6. The standard InChI is InChI=1S/C15H22N4O/c1-9-7-13(11(3)20-9)10(2)16-8-14-17-18-15(19(14)4)12-5-6-12/h7,10,12,16H,5-6,8H2,1-4H3. The van der Waals surface area contributed by atoms with Crippen LogP contribution in [0.25, 0.3) is 0 Å². The average molecular weight is 274 g/mol. The first-order valence-corrected chi connectivity index (χ1v) is 7.24. The van der Waals surface area contributed by atoms with Crippen LogP contribution >= 0.6 is 0 Å². The van der Waals surface area contributed by atoms with Crippen molar-refractivity contribution in [3.63, 3.8) is 0 Å². The Morgan fingerprint density at radius 3 is 2.75 bits per heavy atom. The van der Waals surface area contributed by atoms with Crippen LogP contribution in [0.1, 0.15) is 60.5 Å². The molecule has 1 fully saturated rings. The molecule has 1 aliphatic carbocycles. The van der Waals surface area contributed by atoms with E-state index in [1.165, 1.54) is 18.4 Å². The molecule has 108 valence electrons. The molecule has 5 nitrogen and oxygen atoms in total. The van der Waals surface area contributed by atoms with E-state index in [1.807, 2.05) is 13.8 Å². The Kier molecular flexibility index (Phi) is 3.38. The molecule has 1 saturated carbocycles. The Labute approximate surface area is 119 Å². The van der Waals surface area contributed by atoms with Crippen molar-refractivity contribution in [2.75, 3.05) is 0 Å². The molecule has 0 saturated heterocycles. The number of nitrogens with zero attached hydrogens (tertiary/aromatic N) is 3. The van der Waals surface area contributed by atoms with Gasteiger partial charge in [-0.25, -0.2) is 0 Å². The minimum atomic E-state index is 0.244. The molecule has 1 unspecified atom stereocenters. The van der Waals surface area contributed by atoms with Crippen LogP contribution in [0, 0.1) is 13.8 Å². The van der Waals surface area contributed by atoms with E-state index in [-0.39, 0.29) is 6.04 Å². The molecule has 2 aromatic heterocycles. The van der Waals surface area contributed by atoms with E-state index >= 15 is 0 Å². The predicted octanol–water partition coefficient (Wildman–Crippen LogP) is 2.75. The van der Waals surface area contributed by atoms with Crippen molar-refractivity contribution in [3.05, 3.63) is 34.8 Å². The summed E-state index contributed by atoms with van der Waals surface area (Å²) in [6.45, 7) is 6.86. The molecule has 0 amide bonds. The molecule has 3 rings (SSSR count). The molecule has 1 atom stereocenters. The maximum Gasteiger partial charge on any atom is 0.146 e. The highest BCUT2D eigenvalue weighted by atomic mass is 16.3. The van der Waals surface area contributed by atoms with Gasteiger partial charge >= 0.3 is 0 Å². The minimum absolute atomic E-state index is 0.244. The topological polar surface area (TPSA) is 55.9 Å². The lowest BCUT2D eigenvalue weighted by Gasteiger charge is -2.12. The molecule has 0 radical (unpaired) electrons. The zero-order chi connectivity index (χ0) is 14.3. The Hall–Kier alpha value is -1.62. The Morgan fingerprint density at radius 1 is 1.40 bits per heavy atom. The van der Waals surface area contributed by atoms with Crippen LogP contribution in [0.15, 0.2) is 10.5 Å². The second kappa shape index (κ2) is 5.05. The fourth-order valence-electron chi connectivity index (χ4n) is 2.66. The quantitative estimate of drug-likeness (QED) is 0.911. The summed E-state index contributed by atoms with van der Waals surface area (Å²) in [4.78, 5) is 0. The van der Waals surface area contributed by atoms with Gasteiger partial charge in [-0.05, 0) is 39.7 Å². The lowest BCUT2D eigenvalue weighted by molar-refractivity contribution is 0.486. The summed E-state index contributed by atoms with van der Waals surface area (Å²) in [5.41, 5.74) is 1.21. The Bertz CT molecular complexity index is 609. The van der Waals surface area contributed by atoms with E-state index in [4.69, 9.17) is 4.42 Å². The fourth-order valence-corrected chi connectivity index (χ4v) is 2.66. The molecule has 1 N–H and O–H groups in total. The fraction of sp³-hybridized carbons (Fsp3) is 0.600. The minimum Gasteiger partial charge on any atom is -0.466 e. The van der Waals surface area contributed by atoms with Gasteiger partial charge in [0.15, 0.2) is 0 Å². The van der Waals surface area contributed by atoms with Crippen molar-refractivity contribution < 1.29 is 4.42 Å². The first-order chi connectivity index (χ1) is 9.56. The molecular formula is C15H22N4O. The van der Waals surface area contributed by atoms with E-state index in [9.17, 15) is 0 Å². The van der Waals surface area contributed by atoms with Crippen LogP contribution < -0.4 is 5.32 Å². The van der Waals surface area contributed by atoms with Crippen molar-refractivity contribution in [2.24, 2.45) is 7.05 Å². The third-order valence-corrected chi connectivity index (χ3v) is 4.05. The highest BCUT2D eigenvalue weighted by Crippen LogP contribution is 2.38. The van der Waals surface area contributed by atoms with Gasteiger partial charge in [-0.2, -0.15) is 0 Å². The smallest absolute Gasteiger partial charge is 0.146 e. The van der Waals surface area contributed by atoms with Crippen molar-refractivity contribution in [1.82, 2.24) is 20.1 Å². The van der Waals surface area contributed by atoms with E-state index < -0.39 is 0 Å². The van der Waals surface area contributed by atoms with Crippen LogP contribution in [-0.4, -0.2) is 14.8 Å². The van der Waals surface area contributed by atoms with Gasteiger partial charge in [0.2, 0.25) is 0 Å². The van der Waals surface area contributed by atoms with Crippen LogP contribution in [0.4, 0.5) is 0 Å². The molecule has 1 aliphatic rings. The molecule has 0 aliphatic heterocycles. The van der Waals surface area contributed by atoms with Gasteiger partial charge in [-0.15, -0.1) is 10.2 Å². The zero-order valence-electron chi connectivity index (χ0n) is 12.6. The Balaban J connectivity index is 1.65. The number of aromatic nitrogens is 3. The first-order valence-electron chi connectivity index (χ1n) is 7.24. The highest BCUT2D eigenvalue weighted by molar-refractivity contribution is 5.23. The summed E-state index contributed by atoms with van der Waals surface area (Å²) >= 11 is 0. The van der Waals surface area contributed by atoms with Gasteiger partial charge in [0.1, 0.15) is 23.2 Å². The van der Waals surface area contributed by atoms with Crippen molar-refractivity contribution in [1.29, 1.82) is 0 Å². The van der Waals surface area contributed by atoms with Gasteiger partial charge in [0.25, 0.3) is 0 Å². The SMILES string of the molecule is Cc1cc(C(C)NCc2nnc(C3CC3)n2C)c(C)o1. The van der Waals surface area contributed by atoms with E-state index in [2.05, 4.69) is 40.1 Å². The second-order valence-corrected chi connectivity index (χ2v) is 5.78. The molecule has 20 heavy (non-hydrogen) atoms. The summed E-state index contributed by atoms with van der Waals surface area (Å²) in [6, 6.07) is 2.34. The number of hydrogen-bond acceptors (Lipinski definition) is 4. The van der Waals surface area contributed by atoms with Crippen molar-refractivity contribution in [3.8, 4) is 0 Å². The van der Waals surface area contributed by atoms with Crippen LogP contribution in [0.5, 0.6) is 0 Å². The summed E-state index contributed by atoms with van der Waals surface area (Å²) in [5.74, 6) is 4.71. The maximum absolute atomic E-state index is 5.58. The van der Waals surface area contributed by atoms with Gasteiger partial charge in [-0.3, -0.25) is 0 Å². The second-order valence-electron chi connectivity index (χ2n) is 5.78. The van der Waals surface area contributed by atoms with E-state index in [0.717, 1.165) is 29.7 Å². The predicted molar refractivity (Wildman–Crippen MR) is 76.4 cm³/mol. The normalized spacial score (nSPS) is 16.6. The van der Waals surface area contributed by atoms with E-state index in [1.54, 1.807) is 0 Å². The summed E-state index contributed by atoms with van der Waals surface area (Å²) in [6.07, 6.45) is 2.51. The number of hydrogen-bond donors (Lipinski definition) is 1. The van der Waals surface area contributed by atoms with E-state index in [0.29, 0.717) is 5.92 Å². The molecule has 5 heteroatoms. The third-order valence-electron chi connectivity index (χ3n) is 4.05. The molecule has 0 aromatic carbocycles. The maximum atomic E-state index is 5.58. The number of furan rings is 1. The summed E-state index contributed by atoms with van der Waals surface area (Å²) in [5, 5.41) is 12.1. The lowest BCUT2D eigenvalue weighted by Crippen LogP contribution is -2.20. The van der Waals surface area contributed by atoms with Crippen LogP contribution in [0.2, 0.25) is 0 Å². The molecular weight excluding hydrogens is 252 g/mol. The average Bonchev–Trinajstić information content (AvgIpc) is 3.10. The molecule has 0 bridgehead atoms. The number of nitrogens with one attached hydrogen (secondary N) is 1. The lowest BCUT2D eigenvalue weighted by atomic mass is 10.1. The van der Waals surface area contributed by atoms with Crippen LogP contribution in [-0.2, 0) is 13.6 Å². The highest BCUT2D eigenvalue weighted by Gasteiger charge is 2.29. The van der Waals surface area contributed by atoms with Crippen molar-refractivity contribution >= 4 is 0 Å². The monoisotopic (exact) mass is 274 g/mol. The van der Waals surface area contributed by atoms with Gasteiger partial charge in [0, 0.05) is 24.6 Å². The van der Waals surface area contributed by atoms with Gasteiger partial charge < -0.3 is 14.3 Å². The molecule has 0 spiro atoms.